The molecule has 0 aliphatic heterocycles. The van der Waals surface area contributed by atoms with Crippen LogP contribution in [0.2, 0.25) is 0 Å². The zero-order chi connectivity index (χ0) is 17.6. The first-order valence-electron chi connectivity index (χ1n) is 8.34. The van der Waals surface area contributed by atoms with Crippen LogP contribution in [0.3, 0.4) is 0 Å². The summed E-state index contributed by atoms with van der Waals surface area (Å²) in [5, 5.41) is 9.31. The third-order valence-corrected chi connectivity index (χ3v) is 6.57. The minimum atomic E-state index is 0.0317. The molecule has 0 saturated heterocycles. The molecule has 0 aromatic carbocycles. The molecule has 1 saturated carbocycles. The van der Waals surface area contributed by atoms with Crippen LogP contribution in [0.5, 0.6) is 0 Å². The average molecular weight is 373 g/mol. The number of thiophene rings is 1. The van der Waals surface area contributed by atoms with Gasteiger partial charge in [-0.05, 0) is 38.1 Å². The maximum atomic E-state index is 13.1. The summed E-state index contributed by atoms with van der Waals surface area (Å²) in [4.78, 5) is 20.8. The minimum absolute atomic E-state index is 0.0317. The molecule has 0 bridgehead atoms. The number of carbonyl (C=O) groups is 1. The van der Waals surface area contributed by atoms with Gasteiger partial charge in [-0.2, -0.15) is 5.10 Å². The number of aryl methyl sites for hydroxylation is 2. The molecule has 3 aromatic heterocycles. The Morgan fingerprint density at radius 1 is 1.36 bits per heavy atom. The van der Waals surface area contributed by atoms with Crippen LogP contribution in [0.4, 0.5) is 0 Å². The second-order valence-corrected chi connectivity index (χ2v) is 8.26. The largest absolute Gasteiger partial charge is 0.330 e. The summed E-state index contributed by atoms with van der Waals surface area (Å²) in [5.41, 5.74) is 3.82. The van der Waals surface area contributed by atoms with Crippen molar-refractivity contribution in [3.8, 4) is 9.88 Å². The van der Waals surface area contributed by atoms with Crippen LogP contribution >= 0.6 is 22.7 Å². The van der Waals surface area contributed by atoms with Crippen molar-refractivity contribution in [1.82, 2.24) is 19.7 Å². The zero-order valence-corrected chi connectivity index (χ0v) is 16.2. The predicted octanol–water partition coefficient (Wildman–Crippen LogP) is 4.03. The SMILES string of the molecule is Cc1nn(C)c(C)c1CN(C(=O)c1csc(-c2cccs2)n1)C1CC1. The third kappa shape index (κ3) is 3.14. The van der Waals surface area contributed by atoms with Gasteiger partial charge < -0.3 is 4.90 Å². The van der Waals surface area contributed by atoms with Crippen LogP contribution in [0, 0.1) is 13.8 Å². The monoisotopic (exact) mass is 372 g/mol. The molecule has 1 aliphatic rings. The highest BCUT2D eigenvalue weighted by molar-refractivity contribution is 7.20. The number of hydrogen-bond acceptors (Lipinski definition) is 5. The second-order valence-electron chi connectivity index (χ2n) is 6.45. The Labute approximate surface area is 154 Å². The third-order valence-electron chi connectivity index (χ3n) is 4.69. The highest BCUT2D eigenvalue weighted by Gasteiger charge is 2.35. The van der Waals surface area contributed by atoms with Gasteiger partial charge >= 0.3 is 0 Å². The van der Waals surface area contributed by atoms with Gasteiger partial charge in [0, 0.05) is 36.3 Å². The van der Waals surface area contributed by atoms with E-state index in [2.05, 4.69) is 17.0 Å². The van der Waals surface area contributed by atoms with E-state index in [0.717, 1.165) is 39.7 Å². The number of nitrogens with zero attached hydrogens (tertiary/aromatic N) is 4. The van der Waals surface area contributed by atoms with E-state index in [9.17, 15) is 4.79 Å². The summed E-state index contributed by atoms with van der Waals surface area (Å²) in [7, 11) is 1.95. The second kappa shape index (κ2) is 6.38. The molecule has 4 rings (SSSR count). The lowest BCUT2D eigenvalue weighted by Gasteiger charge is -2.21. The molecular formula is C18H20N4OS2. The van der Waals surface area contributed by atoms with E-state index in [1.165, 1.54) is 11.3 Å². The summed E-state index contributed by atoms with van der Waals surface area (Å²) >= 11 is 3.19. The molecule has 1 fully saturated rings. The molecule has 1 amide bonds. The fraction of sp³-hybridized carbons (Fsp3) is 0.389. The van der Waals surface area contributed by atoms with Crippen LogP contribution in [0.25, 0.3) is 9.88 Å². The van der Waals surface area contributed by atoms with Gasteiger partial charge in [-0.15, -0.1) is 22.7 Å². The number of hydrogen-bond donors (Lipinski definition) is 0. The van der Waals surface area contributed by atoms with Gasteiger partial charge in [0.25, 0.3) is 5.91 Å². The van der Waals surface area contributed by atoms with Gasteiger partial charge in [0.2, 0.25) is 0 Å². The van der Waals surface area contributed by atoms with E-state index >= 15 is 0 Å². The molecule has 130 valence electrons. The topological polar surface area (TPSA) is 51.0 Å². The molecular weight excluding hydrogens is 352 g/mol. The van der Waals surface area contributed by atoms with Crippen molar-refractivity contribution in [3.63, 3.8) is 0 Å². The minimum Gasteiger partial charge on any atom is -0.330 e. The molecule has 0 radical (unpaired) electrons. The van der Waals surface area contributed by atoms with Gasteiger partial charge in [0.05, 0.1) is 10.6 Å². The smallest absolute Gasteiger partial charge is 0.273 e. The Bertz CT molecular complexity index is 906. The Balaban J connectivity index is 1.60. The Morgan fingerprint density at radius 2 is 2.16 bits per heavy atom. The number of carbonyl (C=O) groups excluding carboxylic acids is 1. The van der Waals surface area contributed by atoms with Crippen molar-refractivity contribution in [2.45, 2.75) is 39.3 Å². The van der Waals surface area contributed by atoms with Crippen molar-refractivity contribution in [1.29, 1.82) is 0 Å². The molecule has 3 aromatic rings. The van der Waals surface area contributed by atoms with Gasteiger partial charge in [0.15, 0.2) is 0 Å². The maximum absolute atomic E-state index is 13.1. The quantitative estimate of drug-likeness (QED) is 0.679. The number of amides is 1. The first-order valence-corrected chi connectivity index (χ1v) is 10.1. The molecule has 0 unspecified atom stereocenters. The molecule has 5 nitrogen and oxygen atoms in total. The van der Waals surface area contributed by atoms with E-state index in [1.807, 2.05) is 46.4 Å². The highest BCUT2D eigenvalue weighted by Crippen LogP contribution is 2.33. The molecule has 3 heterocycles. The van der Waals surface area contributed by atoms with E-state index in [4.69, 9.17) is 0 Å². The van der Waals surface area contributed by atoms with Gasteiger partial charge in [-0.25, -0.2) is 4.98 Å². The van der Waals surface area contributed by atoms with Crippen LogP contribution < -0.4 is 0 Å². The van der Waals surface area contributed by atoms with Crippen molar-refractivity contribution < 1.29 is 4.79 Å². The van der Waals surface area contributed by atoms with Crippen molar-refractivity contribution >= 4 is 28.6 Å². The normalized spacial score (nSPS) is 14.0. The maximum Gasteiger partial charge on any atom is 0.273 e. The van der Waals surface area contributed by atoms with E-state index in [-0.39, 0.29) is 5.91 Å². The Hall–Kier alpha value is -1.99. The predicted molar refractivity (Wildman–Crippen MR) is 101 cm³/mol. The van der Waals surface area contributed by atoms with Crippen molar-refractivity contribution in [3.05, 3.63) is 45.5 Å². The molecule has 0 spiro atoms. The Kier molecular flexibility index (Phi) is 4.21. The first kappa shape index (κ1) is 16.5. The first-order chi connectivity index (χ1) is 12.0. The van der Waals surface area contributed by atoms with Crippen LogP contribution in [-0.2, 0) is 13.6 Å². The fourth-order valence-corrected chi connectivity index (χ4v) is 4.61. The molecule has 0 atom stereocenters. The van der Waals surface area contributed by atoms with Crippen molar-refractivity contribution in [2.75, 3.05) is 0 Å². The molecule has 7 heteroatoms. The lowest BCUT2D eigenvalue weighted by molar-refractivity contribution is 0.0724. The molecule has 25 heavy (non-hydrogen) atoms. The number of rotatable bonds is 5. The summed E-state index contributed by atoms with van der Waals surface area (Å²) < 4.78 is 1.89. The summed E-state index contributed by atoms with van der Waals surface area (Å²) in [6.45, 7) is 4.68. The lowest BCUT2D eigenvalue weighted by atomic mass is 10.1. The zero-order valence-electron chi connectivity index (χ0n) is 14.5. The lowest BCUT2D eigenvalue weighted by Crippen LogP contribution is -2.33. The summed E-state index contributed by atoms with van der Waals surface area (Å²) in [6, 6.07) is 4.38. The van der Waals surface area contributed by atoms with Gasteiger partial charge in [-0.3, -0.25) is 9.48 Å². The van der Waals surface area contributed by atoms with Crippen LogP contribution in [0.1, 0.15) is 40.3 Å². The van der Waals surface area contributed by atoms with E-state index in [0.29, 0.717) is 18.3 Å². The van der Waals surface area contributed by atoms with Crippen LogP contribution in [-0.4, -0.2) is 31.6 Å². The number of thiazole rings is 1. The fourth-order valence-electron chi connectivity index (χ4n) is 3.00. The van der Waals surface area contributed by atoms with E-state index in [1.54, 1.807) is 11.3 Å². The average Bonchev–Trinajstić information content (AvgIpc) is 3.00. The summed E-state index contributed by atoms with van der Waals surface area (Å²) in [6.07, 6.45) is 2.15. The summed E-state index contributed by atoms with van der Waals surface area (Å²) in [5.74, 6) is 0.0317. The number of aromatic nitrogens is 3. The van der Waals surface area contributed by atoms with Gasteiger partial charge in [0.1, 0.15) is 10.7 Å². The molecule has 0 N–H and O–H groups in total. The van der Waals surface area contributed by atoms with Gasteiger partial charge in [-0.1, -0.05) is 6.07 Å². The van der Waals surface area contributed by atoms with Crippen LogP contribution in [0.15, 0.2) is 22.9 Å². The van der Waals surface area contributed by atoms with Crippen molar-refractivity contribution in [2.24, 2.45) is 7.05 Å². The highest BCUT2D eigenvalue weighted by atomic mass is 32.1. The molecule has 1 aliphatic carbocycles. The van der Waals surface area contributed by atoms with E-state index < -0.39 is 0 Å². The standard InChI is InChI=1S/C18H20N4OS2/c1-11-14(12(2)21(3)20-11)9-22(13-6-7-13)18(23)15-10-25-17(19-15)16-5-4-8-24-16/h4-5,8,10,13H,6-7,9H2,1-3H3. The Morgan fingerprint density at radius 3 is 2.76 bits per heavy atom.